The van der Waals surface area contributed by atoms with E-state index in [-0.39, 0.29) is 6.61 Å². The van der Waals surface area contributed by atoms with Crippen molar-refractivity contribution < 1.29 is 14.4 Å². The molecular weight excluding hydrogens is 220 g/mol. The molecule has 0 bridgehead atoms. The van der Waals surface area contributed by atoms with E-state index in [1.807, 2.05) is 24.3 Å². The number of methoxy groups -OCH3 is 1. The average Bonchev–Trinajstić information content (AvgIpc) is 2.78. The van der Waals surface area contributed by atoms with Crippen LogP contribution in [0, 0.1) is 0 Å². The predicted octanol–water partition coefficient (Wildman–Crippen LogP) is 1.20. The van der Waals surface area contributed by atoms with Crippen molar-refractivity contribution in [1.82, 2.24) is 10.1 Å². The first-order valence-electron chi connectivity index (χ1n) is 5.37. The molecular formula is C12H14N2O3. The summed E-state index contributed by atoms with van der Waals surface area (Å²) in [6.07, 6.45) is 0.942. The zero-order valence-electron chi connectivity index (χ0n) is 9.59. The Morgan fingerprint density at radius 2 is 2.18 bits per heavy atom. The average molecular weight is 234 g/mol. The van der Waals surface area contributed by atoms with Gasteiger partial charge in [-0.2, -0.15) is 4.98 Å². The van der Waals surface area contributed by atoms with Gasteiger partial charge in [-0.05, 0) is 6.07 Å². The van der Waals surface area contributed by atoms with Crippen LogP contribution >= 0.6 is 0 Å². The van der Waals surface area contributed by atoms with Gasteiger partial charge in [0.05, 0.1) is 20.1 Å². The first kappa shape index (κ1) is 11.6. The highest BCUT2D eigenvalue weighted by Gasteiger charge is 2.09. The normalized spacial score (nSPS) is 10.5. The molecule has 0 fully saturated rings. The second-order valence-corrected chi connectivity index (χ2v) is 3.57. The molecule has 90 valence electrons. The van der Waals surface area contributed by atoms with Gasteiger partial charge in [-0.3, -0.25) is 0 Å². The number of hydrogen-bond acceptors (Lipinski definition) is 5. The second-order valence-electron chi connectivity index (χ2n) is 3.57. The number of aliphatic hydroxyl groups is 1. The van der Waals surface area contributed by atoms with Crippen LogP contribution in [0.25, 0.3) is 0 Å². The standard InChI is InChI=1S/C12H14N2O3/c1-16-10-5-3-2-4-9(10)8-11-13-12(6-7-15)17-14-11/h2-5,15H,6-8H2,1H3. The molecule has 1 aromatic heterocycles. The first-order chi connectivity index (χ1) is 8.33. The third-order valence-electron chi connectivity index (χ3n) is 2.38. The minimum Gasteiger partial charge on any atom is -0.496 e. The van der Waals surface area contributed by atoms with Crippen LogP contribution in [0.15, 0.2) is 28.8 Å². The molecule has 2 aromatic rings. The SMILES string of the molecule is COc1ccccc1Cc1noc(CCO)n1. The summed E-state index contributed by atoms with van der Waals surface area (Å²) in [5.41, 5.74) is 1.01. The van der Waals surface area contributed by atoms with Crippen molar-refractivity contribution in [1.29, 1.82) is 0 Å². The Morgan fingerprint density at radius 1 is 1.35 bits per heavy atom. The van der Waals surface area contributed by atoms with Crippen LogP contribution in [0.2, 0.25) is 0 Å². The van der Waals surface area contributed by atoms with Crippen LogP contribution < -0.4 is 4.74 Å². The largest absolute Gasteiger partial charge is 0.496 e. The Morgan fingerprint density at radius 3 is 2.94 bits per heavy atom. The van der Waals surface area contributed by atoms with Gasteiger partial charge in [-0.1, -0.05) is 23.4 Å². The second kappa shape index (κ2) is 5.45. The molecule has 0 saturated heterocycles. The lowest BCUT2D eigenvalue weighted by Crippen LogP contribution is -1.96. The minimum absolute atomic E-state index is 0.0102. The molecule has 0 atom stereocenters. The molecule has 0 aliphatic carbocycles. The van der Waals surface area contributed by atoms with E-state index in [4.69, 9.17) is 14.4 Å². The van der Waals surface area contributed by atoms with Crippen molar-refractivity contribution in [2.24, 2.45) is 0 Å². The monoisotopic (exact) mass is 234 g/mol. The molecule has 0 aliphatic rings. The molecule has 0 unspecified atom stereocenters. The predicted molar refractivity (Wildman–Crippen MR) is 60.9 cm³/mol. The maximum atomic E-state index is 8.75. The molecule has 1 aromatic carbocycles. The Balaban J connectivity index is 2.13. The van der Waals surface area contributed by atoms with Crippen LogP contribution in [-0.4, -0.2) is 29.0 Å². The molecule has 0 spiro atoms. The van der Waals surface area contributed by atoms with Crippen molar-refractivity contribution in [3.63, 3.8) is 0 Å². The number of aromatic nitrogens is 2. The lowest BCUT2D eigenvalue weighted by atomic mass is 10.1. The lowest BCUT2D eigenvalue weighted by Gasteiger charge is -2.04. The van der Waals surface area contributed by atoms with E-state index in [0.717, 1.165) is 11.3 Å². The quantitative estimate of drug-likeness (QED) is 0.842. The summed E-state index contributed by atoms with van der Waals surface area (Å²) >= 11 is 0. The molecule has 5 heteroatoms. The van der Waals surface area contributed by atoms with Crippen molar-refractivity contribution in [3.05, 3.63) is 41.5 Å². The maximum Gasteiger partial charge on any atom is 0.228 e. The zero-order valence-corrected chi connectivity index (χ0v) is 9.59. The number of rotatable bonds is 5. The molecule has 17 heavy (non-hydrogen) atoms. The van der Waals surface area contributed by atoms with Gasteiger partial charge in [-0.25, -0.2) is 0 Å². The van der Waals surface area contributed by atoms with E-state index in [2.05, 4.69) is 10.1 Å². The maximum absolute atomic E-state index is 8.75. The van der Waals surface area contributed by atoms with Crippen LogP contribution in [0.5, 0.6) is 5.75 Å². The molecule has 0 saturated carbocycles. The van der Waals surface area contributed by atoms with Gasteiger partial charge in [0.1, 0.15) is 5.75 Å². The van der Waals surface area contributed by atoms with Gasteiger partial charge in [0.25, 0.3) is 0 Å². The van der Waals surface area contributed by atoms with E-state index < -0.39 is 0 Å². The zero-order chi connectivity index (χ0) is 12.1. The first-order valence-corrected chi connectivity index (χ1v) is 5.37. The minimum atomic E-state index is 0.0102. The van der Waals surface area contributed by atoms with Crippen LogP contribution in [0.4, 0.5) is 0 Å². The summed E-state index contributed by atoms with van der Waals surface area (Å²) in [7, 11) is 1.63. The number of benzene rings is 1. The molecule has 0 amide bonds. The van der Waals surface area contributed by atoms with Gasteiger partial charge >= 0.3 is 0 Å². The van der Waals surface area contributed by atoms with Crippen LogP contribution in [0.1, 0.15) is 17.3 Å². The summed E-state index contributed by atoms with van der Waals surface area (Å²) < 4.78 is 10.2. The summed E-state index contributed by atoms with van der Waals surface area (Å²) in [5, 5.41) is 12.6. The molecule has 2 rings (SSSR count). The highest BCUT2D eigenvalue weighted by atomic mass is 16.5. The third kappa shape index (κ3) is 2.82. The van der Waals surface area contributed by atoms with Crippen molar-refractivity contribution in [3.8, 4) is 5.75 Å². The van der Waals surface area contributed by atoms with Crippen LogP contribution in [0.3, 0.4) is 0 Å². The van der Waals surface area contributed by atoms with E-state index >= 15 is 0 Å². The Kier molecular flexibility index (Phi) is 3.72. The molecule has 1 N–H and O–H groups in total. The number of nitrogens with zero attached hydrogens (tertiary/aromatic N) is 2. The molecule has 1 heterocycles. The number of ether oxygens (including phenoxy) is 1. The van der Waals surface area contributed by atoms with E-state index in [1.165, 1.54) is 0 Å². The van der Waals surface area contributed by atoms with Gasteiger partial charge in [0.15, 0.2) is 5.82 Å². The molecule has 0 aliphatic heterocycles. The third-order valence-corrected chi connectivity index (χ3v) is 2.38. The number of aliphatic hydroxyl groups excluding tert-OH is 1. The summed E-state index contributed by atoms with van der Waals surface area (Å²) in [5.74, 6) is 1.86. The summed E-state index contributed by atoms with van der Waals surface area (Å²) in [6, 6.07) is 7.70. The number of para-hydroxylation sites is 1. The smallest absolute Gasteiger partial charge is 0.228 e. The Labute approximate surface area is 99.0 Å². The van der Waals surface area contributed by atoms with Crippen molar-refractivity contribution in [2.75, 3.05) is 13.7 Å². The highest BCUT2D eigenvalue weighted by molar-refractivity contribution is 5.35. The fraction of sp³-hybridized carbons (Fsp3) is 0.333. The Bertz CT molecular complexity index is 482. The highest BCUT2D eigenvalue weighted by Crippen LogP contribution is 2.19. The fourth-order valence-corrected chi connectivity index (χ4v) is 1.58. The fourth-order valence-electron chi connectivity index (χ4n) is 1.58. The summed E-state index contributed by atoms with van der Waals surface area (Å²) in [4.78, 5) is 4.18. The van der Waals surface area contributed by atoms with Crippen LogP contribution in [-0.2, 0) is 12.8 Å². The molecule has 0 radical (unpaired) electrons. The lowest BCUT2D eigenvalue weighted by molar-refractivity contribution is 0.274. The van der Waals surface area contributed by atoms with Gasteiger partial charge in [0, 0.05) is 12.0 Å². The van der Waals surface area contributed by atoms with E-state index in [1.54, 1.807) is 7.11 Å². The summed E-state index contributed by atoms with van der Waals surface area (Å²) in [6.45, 7) is 0.0102. The van der Waals surface area contributed by atoms with E-state index in [0.29, 0.717) is 24.6 Å². The van der Waals surface area contributed by atoms with Gasteiger partial charge in [0.2, 0.25) is 5.89 Å². The van der Waals surface area contributed by atoms with Gasteiger partial charge in [-0.15, -0.1) is 0 Å². The number of hydrogen-bond donors (Lipinski definition) is 1. The topological polar surface area (TPSA) is 68.4 Å². The molecule has 5 nitrogen and oxygen atoms in total. The Hall–Kier alpha value is -1.88. The van der Waals surface area contributed by atoms with Crippen molar-refractivity contribution in [2.45, 2.75) is 12.8 Å². The van der Waals surface area contributed by atoms with Crippen molar-refractivity contribution >= 4 is 0 Å². The van der Waals surface area contributed by atoms with E-state index in [9.17, 15) is 0 Å². The van der Waals surface area contributed by atoms with Gasteiger partial charge < -0.3 is 14.4 Å².